The van der Waals surface area contributed by atoms with E-state index in [1.165, 1.54) is 4.90 Å². The fraction of sp³-hybridized carbons (Fsp3) is 0.118. The van der Waals surface area contributed by atoms with E-state index in [0.717, 1.165) is 23.0 Å². The van der Waals surface area contributed by atoms with Gasteiger partial charge in [-0.15, -0.1) is 0 Å². The van der Waals surface area contributed by atoms with Gasteiger partial charge in [0.1, 0.15) is 11.8 Å². The molecule has 21 heavy (non-hydrogen) atoms. The highest BCUT2D eigenvalue weighted by molar-refractivity contribution is 5.94. The average molecular weight is 275 g/mol. The second kappa shape index (κ2) is 4.88. The zero-order chi connectivity index (χ0) is 14.9. The lowest BCUT2D eigenvalue weighted by atomic mass is 9.86. The first-order valence-corrected chi connectivity index (χ1v) is 6.59. The molecule has 0 saturated heterocycles. The summed E-state index contributed by atoms with van der Waals surface area (Å²) in [6.07, 6.45) is 6.29. The molecule has 0 N–H and O–H groups in total. The largest absolute Gasteiger partial charge is 0.300 e. The summed E-state index contributed by atoms with van der Waals surface area (Å²) in [5, 5.41) is 9.41. The highest BCUT2D eigenvalue weighted by Crippen LogP contribution is 2.39. The Morgan fingerprint density at radius 3 is 2.67 bits per heavy atom. The van der Waals surface area contributed by atoms with Crippen molar-refractivity contribution in [2.45, 2.75) is 12.5 Å². The van der Waals surface area contributed by atoms with E-state index in [9.17, 15) is 10.1 Å². The molecule has 0 bridgehead atoms. The molecule has 102 valence electrons. The Kier molecular flexibility index (Phi) is 3.03. The van der Waals surface area contributed by atoms with Crippen molar-refractivity contribution in [3.63, 3.8) is 0 Å². The number of hydrogen-bond donors (Lipinski definition) is 0. The molecule has 0 radical (unpaired) electrons. The van der Waals surface area contributed by atoms with Crippen LogP contribution in [-0.4, -0.2) is 16.8 Å². The topological polar surface area (TPSA) is 57.0 Å². The molecule has 0 spiro atoms. The van der Waals surface area contributed by atoms with E-state index in [2.05, 4.69) is 11.2 Å². The van der Waals surface area contributed by atoms with Crippen molar-refractivity contribution in [1.82, 2.24) is 4.98 Å². The summed E-state index contributed by atoms with van der Waals surface area (Å²) in [5.41, 5.74) is 1.74. The zero-order valence-electron chi connectivity index (χ0n) is 11.5. The molecule has 0 amide bonds. The summed E-state index contributed by atoms with van der Waals surface area (Å²) in [7, 11) is 0. The first-order valence-electron chi connectivity index (χ1n) is 6.59. The van der Waals surface area contributed by atoms with E-state index < -0.39 is 5.54 Å². The highest BCUT2D eigenvalue weighted by Gasteiger charge is 2.37. The molecular weight excluding hydrogens is 262 g/mol. The number of nitrogens with zero attached hydrogens (tertiary/aromatic N) is 3. The molecule has 1 aliphatic rings. The minimum absolute atomic E-state index is 0.510. The number of carbonyl (C=O) groups excluding carboxylic acids is 1. The van der Waals surface area contributed by atoms with Crippen molar-refractivity contribution < 1.29 is 4.79 Å². The van der Waals surface area contributed by atoms with E-state index in [1.54, 1.807) is 13.1 Å². The van der Waals surface area contributed by atoms with Gasteiger partial charge in [0.25, 0.3) is 0 Å². The molecule has 3 rings (SSSR count). The standard InChI is InChI=1S/C17H13N3O/c1-17(11-21)10-15(13-6-3-2-4-7-13)14-8-5-9-19-16(14)20(17)12-18/h2-11H,1H3. The van der Waals surface area contributed by atoms with Crippen LogP contribution in [0.5, 0.6) is 0 Å². The fourth-order valence-corrected chi connectivity index (χ4v) is 2.55. The van der Waals surface area contributed by atoms with E-state index in [0.29, 0.717) is 5.82 Å². The lowest BCUT2D eigenvalue weighted by Crippen LogP contribution is -2.46. The van der Waals surface area contributed by atoms with Gasteiger partial charge in [-0.05, 0) is 36.3 Å². The number of aldehydes is 1. The van der Waals surface area contributed by atoms with Gasteiger partial charge in [0.15, 0.2) is 12.0 Å². The molecule has 1 unspecified atom stereocenters. The van der Waals surface area contributed by atoms with Gasteiger partial charge in [-0.1, -0.05) is 30.3 Å². The molecule has 4 nitrogen and oxygen atoms in total. The summed E-state index contributed by atoms with van der Waals surface area (Å²) in [6, 6.07) is 13.5. The lowest BCUT2D eigenvalue weighted by Gasteiger charge is -2.35. The van der Waals surface area contributed by atoms with E-state index in [4.69, 9.17) is 0 Å². The average Bonchev–Trinajstić information content (AvgIpc) is 2.55. The molecule has 1 aromatic carbocycles. The Labute approximate surface area is 123 Å². The maximum absolute atomic E-state index is 11.6. The van der Waals surface area contributed by atoms with Crippen LogP contribution >= 0.6 is 0 Å². The molecule has 2 aromatic rings. The normalized spacial score (nSPS) is 20.2. The third-order valence-corrected chi connectivity index (χ3v) is 3.63. The smallest absolute Gasteiger partial charge is 0.186 e. The number of pyridine rings is 1. The molecule has 4 heteroatoms. The van der Waals surface area contributed by atoms with Crippen molar-refractivity contribution in [3.05, 3.63) is 65.9 Å². The van der Waals surface area contributed by atoms with Crippen LogP contribution in [0.3, 0.4) is 0 Å². The highest BCUT2D eigenvalue weighted by atomic mass is 16.1. The predicted molar refractivity (Wildman–Crippen MR) is 80.3 cm³/mol. The molecular formula is C17H13N3O. The SMILES string of the molecule is CC1(C=O)C=C(c2ccccc2)c2cccnc2N1C#N. The Morgan fingerprint density at radius 2 is 2.00 bits per heavy atom. The quantitative estimate of drug-likeness (QED) is 0.624. The van der Waals surface area contributed by atoms with Crippen LogP contribution in [0.2, 0.25) is 0 Å². The number of nitriles is 1. The number of hydrogen-bond acceptors (Lipinski definition) is 4. The van der Waals surface area contributed by atoms with Gasteiger partial charge in [0, 0.05) is 11.8 Å². The van der Waals surface area contributed by atoms with Crippen LogP contribution in [0, 0.1) is 11.5 Å². The lowest BCUT2D eigenvalue weighted by molar-refractivity contribution is -0.110. The van der Waals surface area contributed by atoms with Gasteiger partial charge < -0.3 is 4.79 Å². The number of aromatic nitrogens is 1. The van der Waals surface area contributed by atoms with E-state index in [-0.39, 0.29) is 0 Å². The van der Waals surface area contributed by atoms with Crippen LogP contribution in [0.4, 0.5) is 5.82 Å². The first kappa shape index (κ1) is 13.1. The minimum Gasteiger partial charge on any atom is -0.300 e. The summed E-state index contributed by atoms with van der Waals surface area (Å²) in [4.78, 5) is 17.2. The molecule has 2 heterocycles. The van der Waals surface area contributed by atoms with Gasteiger partial charge in [0.05, 0.1) is 0 Å². The zero-order valence-corrected chi connectivity index (χ0v) is 11.5. The fourth-order valence-electron chi connectivity index (χ4n) is 2.55. The summed E-state index contributed by atoms with van der Waals surface area (Å²) < 4.78 is 0. The second-order valence-corrected chi connectivity index (χ2v) is 5.08. The van der Waals surface area contributed by atoms with Gasteiger partial charge in [0.2, 0.25) is 0 Å². The summed E-state index contributed by atoms with van der Waals surface area (Å²) in [6.45, 7) is 1.71. The molecule has 0 aliphatic carbocycles. The van der Waals surface area contributed by atoms with Crippen molar-refractivity contribution in [3.8, 4) is 6.19 Å². The van der Waals surface area contributed by atoms with Crippen LogP contribution in [0.15, 0.2) is 54.7 Å². The molecule has 1 aliphatic heterocycles. The second-order valence-electron chi connectivity index (χ2n) is 5.08. The van der Waals surface area contributed by atoms with E-state index in [1.807, 2.05) is 48.5 Å². The van der Waals surface area contributed by atoms with Crippen LogP contribution in [0.1, 0.15) is 18.1 Å². The number of anilines is 1. The molecule has 0 saturated carbocycles. The Morgan fingerprint density at radius 1 is 1.24 bits per heavy atom. The van der Waals surface area contributed by atoms with Crippen LogP contribution < -0.4 is 4.90 Å². The minimum atomic E-state index is -1.03. The molecule has 1 atom stereocenters. The van der Waals surface area contributed by atoms with Crippen LogP contribution in [0.25, 0.3) is 5.57 Å². The maximum Gasteiger partial charge on any atom is 0.186 e. The van der Waals surface area contributed by atoms with Crippen molar-refractivity contribution in [2.24, 2.45) is 0 Å². The summed E-state index contributed by atoms with van der Waals surface area (Å²) in [5.74, 6) is 0.510. The predicted octanol–water partition coefficient (Wildman–Crippen LogP) is 2.77. The molecule has 0 fully saturated rings. The molecule has 1 aromatic heterocycles. The third kappa shape index (κ3) is 2.00. The number of carbonyl (C=O) groups is 1. The number of benzene rings is 1. The van der Waals surface area contributed by atoms with Gasteiger partial charge in [-0.3, -0.25) is 0 Å². The Balaban J connectivity index is 2.29. The van der Waals surface area contributed by atoms with Crippen molar-refractivity contribution in [2.75, 3.05) is 4.90 Å². The number of fused-ring (bicyclic) bond motifs is 1. The van der Waals surface area contributed by atoms with Crippen molar-refractivity contribution >= 4 is 17.7 Å². The van der Waals surface area contributed by atoms with Gasteiger partial charge in [-0.2, -0.15) is 5.26 Å². The van der Waals surface area contributed by atoms with E-state index >= 15 is 0 Å². The summed E-state index contributed by atoms with van der Waals surface area (Å²) >= 11 is 0. The number of rotatable bonds is 2. The van der Waals surface area contributed by atoms with Gasteiger partial charge >= 0.3 is 0 Å². The monoisotopic (exact) mass is 275 g/mol. The third-order valence-electron chi connectivity index (χ3n) is 3.63. The van der Waals surface area contributed by atoms with Crippen molar-refractivity contribution in [1.29, 1.82) is 5.26 Å². The van der Waals surface area contributed by atoms with Crippen LogP contribution in [-0.2, 0) is 4.79 Å². The first-order chi connectivity index (χ1) is 10.2. The Hall–Kier alpha value is -2.93. The Bertz CT molecular complexity index is 761. The maximum atomic E-state index is 11.6. The van der Waals surface area contributed by atoms with Gasteiger partial charge in [-0.25, -0.2) is 9.88 Å².